The molecule has 0 saturated carbocycles. The van der Waals surface area contributed by atoms with Crippen molar-refractivity contribution < 1.29 is 14.3 Å². The van der Waals surface area contributed by atoms with Crippen molar-refractivity contribution in [2.75, 3.05) is 37.7 Å². The lowest BCUT2D eigenvalue weighted by Gasteiger charge is -2.36. The summed E-state index contributed by atoms with van der Waals surface area (Å²) >= 11 is 7.62. The topological polar surface area (TPSA) is 53.1 Å². The Hall–Kier alpha value is -1.93. The number of carbonyl (C=O) groups is 2. The Morgan fingerprint density at radius 1 is 1.07 bits per heavy atom. The molecule has 0 N–H and O–H groups in total. The molecule has 2 aromatic rings. The smallest absolute Gasteiger partial charge is 0.251 e. The van der Waals surface area contributed by atoms with Crippen molar-refractivity contribution in [3.63, 3.8) is 0 Å². The molecule has 2 amide bonds. The molecule has 1 atom stereocenters. The summed E-state index contributed by atoms with van der Waals surface area (Å²) in [6.45, 7) is 6.67. The summed E-state index contributed by atoms with van der Waals surface area (Å²) in [4.78, 5) is 32.7. The molecular formula is C21H24ClN3O3S. The van der Waals surface area contributed by atoms with E-state index in [-0.39, 0.29) is 24.3 Å². The van der Waals surface area contributed by atoms with Gasteiger partial charge in [-0.15, -0.1) is 11.3 Å². The summed E-state index contributed by atoms with van der Waals surface area (Å²) in [6.07, 6.45) is 0.243. The average Bonchev–Trinajstić information content (AvgIpc) is 3.26. The number of thiophene rings is 1. The van der Waals surface area contributed by atoms with Gasteiger partial charge in [-0.1, -0.05) is 11.6 Å². The molecule has 6 nitrogen and oxygen atoms in total. The molecule has 0 spiro atoms. The largest absolute Gasteiger partial charge is 0.494 e. The molecule has 1 aromatic heterocycles. The van der Waals surface area contributed by atoms with Gasteiger partial charge in [0, 0.05) is 37.6 Å². The van der Waals surface area contributed by atoms with Crippen LogP contribution in [0.1, 0.15) is 18.2 Å². The lowest BCUT2D eigenvalue weighted by molar-refractivity contribution is -0.123. The zero-order chi connectivity index (χ0) is 20.4. The van der Waals surface area contributed by atoms with E-state index >= 15 is 0 Å². The first-order valence-electron chi connectivity index (χ1n) is 9.85. The molecule has 29 heavy (non-hydrogen) atoms. The summed E-state index contributed by atoms with van der Waals surface area (Å²) < 4.78 is 6.25. The van der Waals surface area contributed by atoms with Crippen LogP contribution in [0.3, 0.4) is 0 Å². The van der Waals surface area contributed by atoms with Crippen LogP contribution in [0.4, 0.5) is 5.69 Å². The standard InChI is InChI=1S/C21H24ClN3O3S/c1-2-28-16-5-3-15(4-6-16)25-20(26)13-18(21(25)27)24-11-9-23(10-12-24)14-17-7-8-19(22)29-17/h3-8,18H,2,9-14H2,1H3. The molecule has 0 radical (unpaired) electrons. The van der Waals surface area contributed by atoms with Crippen molar-refractivity contribution >= 4 is 40.4 Å². The van der Waals surface area contributed by atoms with Gasteiger partial charge in [0.05, 0.1) is 29.1 Å². The van der Waals surface area contributed by atoms with Gasteiger partial charge in [-0.3, -0.25) is 19.4 Å². The molecular weight excluding hydrogens is 410 g/mol. The van der Waals surface area contributed by atoms with Crippen LogP contribution in [0.25, 0.3) is 0 Å². The normalized spacial score (nSPS) is 21.2. The predicted octanol–water partition coefficient (Wildman–Crippen LogP) is 3.25. The number of rotatable bonds is 6. The molecule has 2 fully saturated rings. The van der Waals surface area contributed by atoms with Crippen molar-refractivity contribution in [2.24, 2.45) is 0 Å². The molecule has 2 aliphatic rings. The minimum Gasteiger partial charge on any atom is -0.494 e. The molecule has 0 bridgehead atoms. The van der Waals surface area contributed by atoms with E-state index in [9.17, 15) is 9.59 Å². The van der Waals surface area contributed by atoms with E-state index in [0.29, 0.717) is 12.3 Å². The van der Waals surface area contributed by atoms with Crippen LogP contribution in [-0.4, -0.2) is 60.4 Å². The van der Waals surface area contributed by atoms with Crippen LogP contribution in [0, 0.1) is 0 Å². The number of halogens is 1. The molecule has 154 valence electrons. The van der Waals surface area contributed by atoms with Gasteiger partial charge in [0.15, 0.2) is 0 Å². The van der Waals surface area contributed by atoms with E-state index in [0.717, 1.165) is 42.8 Å². The van der Waals surface area contributed by atoms with Gasteiger partial charge in [0.25, 0.3) is 5.91 Å². The van der Waals surface area contributed by atoms with Crippen LogP contribution in [0.15, 0.2) is 36.4 Å². The second-order valence-electron chi connectivity index (χ2n) is 7.23. The number of imide groups is 1. The van der Waals surface area contributed by atoms with E-state index in [1.165, 1.54) is 9.78 Å². The van der Waals surface area contributed by atoms with E-state index in [1.54, 1.807) is 35.6 Å². The summed E-state index contributed by atoms with van der Waals surface area (Å²) in [7, 11) is 0. The Balaban J connectivity index is 1.36. The van der Waals surface area contributed by atoms with Gasteiger partial charge in [0.2, 0.25) is 5.91 Å². The van der Waals surface area contributed by atoms with Crippen LogP contribution >= 0.6 is 22.9 Å². The average molecular weight is 434 g/mol. The van der Waals surface area contributed by atoms with Crippen LogP contribution in [-0.2, 0) is 16.1 Å². The number of carbonyl (C=O) groups excluding carboxylic acids is 2. The maximum Gasteiger partial charge on any atom is 0.251 e. The Bertz CT molecular complexity index is 878. The van der Waals surface area contributed by atoms with Crippen molar-refractivity contribution in [3.8, 4) is 5.75 Å². The lowest BCUT2D eigenvalue weighted by Crippen LogP contribution is -2.52. The first-order chi connectivity index (χ1) is 14.0. The predicted molar refractivity (Wildman–Crippen MR) is 115 cm³/mol. The van der Waals surface area contributed by atoms with Crippen LogP contribution < -0.4 is 9.64 Å². The first-order valence-corrected chi connectivity index (χ1v) is 11.0. The highest BCUT2D eigenvalue weighted by molar-refractivity contribution is 7.16. The summed E-state index contributed by atoms with van der Waals surface area (Å²) in [5.74, 6) is 0.465. The highest BCUT2D eigenvalue weighted by atomic mass is 35.5. The maximum absolute atomic E-state index is 13.0. The van der Waals surface area contributed by atoms with Gasteiger partial charge in [-0.2, -0.15) is 0 Å². The van der Waals surface area contributed by atoms with Crippen molar-refractivity contribution in [1.82, 2.24) is 9.80 Å². The summed E-state index contributed by atoms with van der Waals surface area (Å²) in [6, 6.07) is 10.8. The lowest BCUT2D eigenvalue weighted by atomic mass is 10.1. The number of ether oxygens (including phenoxy) is 1. The van der Waals surface area contributed by atoms with E-state index in [1.807, 2.05) is 13.0 Å². The van der Waals surface area contributed by atoms with Gasteiger partial charge in [-0.05, 0) is 43.3 Å². The Kier molecular flexibility index (Phi) is 6.20. The molecule has 8 heteroatoms. The van der Waals surface area contributed by atoms with E-state index in [2.05, 4.69) is 15.9 Å². The first kappa shape index (κ1) is 20.3. The molecule has 4 rings (SSSR count). The fourth-order valence-electron chi connectivity index (χ4n) is 3.92. The van der Waals surface area contributed by atoms with E-state index < -0.39 is 0 Å². The van der Waals surface area contributed by atoms with Gasteiger partial charge >= 0.3 is 0 Å². The fraction of sp³-hybridized carbons (Fsp3) is 0.429. The number of anilines is 1. The molecule has 1 aromatic carbocycles. The Morgan fingerprint density at radius 2 is 1.79 bits per heavy atom. The van der Waals surface area contributed by atoms with Gasteiger partial charge in [-0.25, -0.2) is 4.90 Å². The molecule has 3 heterocycles. The molecule has 2 aliphatic heterocycles. The van der Waals surface area contributed by atoms with Crippen molar-refractivity contribution in [3.05, 3.63) is 45.6 Å². The highest BCUT2D eigenvalue weighted by Crippen LogP contribution is 2.28. The number of hydrogen-bond donors (Lipinski definition) is 0. The maximum atomic E-state index is 13.0. The van der Waals surface area contributed by atoms with Crippen LogP contribution in [0.5, 0.6) is 5.75 Å². The second-order valence-corrected chi connectivity index (χ2v) is 9.03. The van der Waals surface area contributed by atoms with Crippen molar-refractivity contribution in [2.45, 2.75) is 25.9 Å². The number of amides is 2. The third-order valence-electron chi connectivity index (χ3n) is 5.38. The third kappa shape index (κ3) is 4.48. The quantitative estimate of drug-likeness (QED) is 0.654. The summed E-state index contributed by atoms with van der Waals surface area (Å²) in [5, 5.41) is 0. The monoisotopic (exact) mass is 433 g/mol. The van der Waals surface area contributed by atoms with Crippen molar-refractivity contribution in [1.29, 1.82) is 0 Å². The fourth-order valence-corrected chi connectivity index (χ4v) is 5.05. The number of benzene rings is 1. The zero-order valence-corrected chi connectivity index (χ0v) is 17.9. The second kappa shape index (κ2) is 8.83. The number of nitrogens with zero attached hydrogens (tertiary/aromatic N) is 3. The number of piperazine rings is 1. The molecule has 2 saturated heterocycles. The Labute approximate surface area is 179 Å². The van der Waals surface area contributed by atoms with Gasteiger partial charge in [0.1, 0.15) is 5.75 Å². The molecule has 0 aliphatic carbocycles. The minimum atomic E-state index is -0.368. The SMILES string of the molecule is CCOc1ccc(N2C(=O)CC(N3CCN(Cc4ccc(Cl)s4)CC3)C2=O)cc1. The van der Waals surface area contributed by atoms with E-state index in [4.69, 9.17) is 16.3 Å². The number of hydrogen-bond acceptors (Lipinski definition) is 6. The molecule has 1 unspecified atom stereocenters. The van der Waals surface area contributed by atoms with Gasteiger partial charge < -0.3 is 4.74 Å². The van der Waals surface area contributed by atoms with Crippen LogP contribution in [0.2, 0.25) is 4.34 Å². The third-order valence-corrected chi connectivity index (χ3v) is 6.60. The zero-order valence-electron chi connectivity index (χ0n) is 16.3. The summed E-state index contributed by atoms with van der Waals surface area (Å²) in [5.41, 5.74) is 0.610. The Morgan fingerprint density at radius 3 is 2.41 bits per heavy atom. The minimum absolute atomic E-state index is 0.127. The highest BCUT2D eigenvalue weighted by Gasteiger charge is 2.43.